The van der Waals surface area contributed by atoms with Crippen LogP contribution in [0.5, 0.6) is 5.75 Å². The van der Waals surface area contributed by atoms with Crippen LogP contribution >= 0.6 is 0 Å². The van der Waals surface area contributed by atoms with Gasteiger partial charge in [0.25, 0.3) is 0 Å². The summed E-state index contributed by atoms with van der Waals surface area (Å²) < 4.78 is 15.6. The van der Waals surface area contributed by atoms with Gasteiger partial charge < -0.3 is 13.9 Å². The monoisotopic (exact) mass is 302 g/mol. The number of esters is 1. The lowest BCUT2D eigenvalue weighted by Crippen LogP contribution is -2.27. The number of benzene rings is 1. The van der Waals surface area contributed by atoms with Gasteiger partial charge in [0.15, 0.2) is 5.43 Å². The van der Waals surface area contributed by atoms with E-state index in [0.717, 1.165) is 6.26 Å². The lowest BCUT2D eigenvalue weighted by Gasteiger charge is -2.18. The summed E-state index contributed by atoms with van der Waals surface area (Å²) in [5.74, 6) is 0.388. The fourth-order valence-electron chi connectivity index (χ4n) is 1.80. The predicted molar refractivity (Wildman–Crippen MR) is 82.1 cm³/mol. The Hall–Kier alpha value is -2.56. The molecule has 0 bridgehead atoms. The Kier molecular flexibility index (Phi) is 4.35. The van der Waals surface area contributed by atoms with E-state index in [4.69, 9.17) is 13.9 Å². The molecule has 1 aromatic heterocycles. The van der Waals surface area contributed by atoms with Gasteiger partial charge in [0.2, 0.25) is 0 Å². The van der Waals surface area contributed by atoms with Crippen molar-refractivity contribution in [3.63, 3.8) is 0 Å². The largest absolute Gasteiger partial charge is 0.497 e. The average molecular weight is 302 g/mol. The minimum Gasteiger partial charge on any atom is -0.497 e. The van der Waals surface area contributed by atoms with Crippen LogP contribution in [0.15, 0.2) is 45.8 Å². The molecule has 0 spiro atoms. The Morgan fingerprint density at radius 3 is 2.27 bits per heavy atom. The molecule has 0 aliphatic carbocycles. The summed E-state index contributed by atoms with van der Waals surface area (Å²) >= 11 is 0. The summed E-state index contributed by atoms with van der Waals surface area (Å²) in [4.78, 5) is 24.0. The molecule has 0 N–H and O–H groups in total. The standard InChI is InChI=1S/C17H18O5/c1-17(2,3)22-16(19)13-10-21-15(9-14(13)18)11-5-7-12(20-4)8-6-11/h5-10H,1-4H3. The minimum atomic E-state index is -0.692. The van der Waals surface area contributed by atoms with E-state index in [0.29, 0.717) is 17.1 Å². The number of rotatable bonds is 3. The molecule has 0 aliphatic rings. The van der Waals surface area contributed by atoms with E-state index < -0.39 is 17.0 Å². The molecule has 0 amide bonds. The van der Waals surface area contributed by atoms with Gasteiger partial charge in [0.05, 0.1) is 7.11 Å². The van der Waals surface area contributed by atoms with E-state index in [9.17, 15) is 9.59 Å². The number of hydrogen-bond acceptors (Lipinski definition) is 5. The second-order valence-electron chi connectivity index (χ2n) is 5.75. The lowest BCUT2D eigenvalue weighted by atomic mass is 10.1. The number of methoxy groups -OCH3 is 1. The van der Waals surface area contributed by atoms with Gasteiger partial charge in [-0.15, -0.1) is 0 Å². The molecule has 0 saturated carbocycles. The van der Waals surface area contributed by atoms with Crippen molar-refractivity contribution < 1.29 is 18.7 Å². The van der Waals surface area contributed by atoms with E-state index >= 15 is 0 Å². The second-order valence-corrected chi connectivity index (χ2v) is 5.75. The quantitative estimate of drug-likeness (QED) is 0.814. The van der Waals surface area contributed by atoms with Crippen LogP contribution in [0.4, 0.5) is 0 Å². The molecule has 2 rings (SSSR count). The van der Waals surface area contributed by atoms with E-state index in [1.807, 2.05) is 0 Å². The number of hydrogen-bond donors (Lipinski definition) is 0. The molecule has 1 heterocycles. The van der Waals surface area contributed by atoms with Crippen LogP contribution in [-0.4, -0.2) is 18.7 Å². The topological polar surface area (TPSA) is 65.7 Å². The van der Waals surface area contributed by atoms with Crippen molar-refractivity contribution in [3.8, 4) is 17.1 Å². The first-order valence-electron chi connectivity index (χ1n) is 6.81. The van der Waals surface area contributed by atoms with Gasteiger partial charge in [0.1, 0.15) is 28.9 Å². The summed E-state index contributed by atoms with van der Waals surface area (Å²) in [6.07, 6.45) is 1.13. The van der Waals surface area contributed by atoms with Gasteiger partial charge in [0, 0.05) is 11.6 Å². The van der Waals surface area contributed by atoms with Crippen molar-refractivity contribution >= 4 is 5.97 Å². The highest BCUT2D eigenvalue weighted by molar-refractivity contribution is 5.89. The molecule has 5 nitrogen and oxygen atoms in total. The Morgan fingerprint density at radius 1 is 1.14 bits per heavy atom. The normalized spacial score (nSPS) is 11.1. The molecule has 0 aliphatic heterocycles. The van der Waals surface area contributed by atoms with Crippen molar-refractivity contribution in [2.45, 2.75) is 26.4 Å². The van der Waals surface area contributed by atoms with Crippen LogP contribution < -0.4 is 10.2 Å². The highest BCUT2D eigenvalue weighted by Gasteiger charge is 2.21. The fourth-order valence-corrected chi connectivity index (χ4v) is 1.80. The molecule has 0 radical (unpaired) electrons. The Labute approximate surface area is 128 Å². The molecule has 116 valence electrons. The zero-order valence-electron chi connectivity index (χ0n) is 13.0. The van der Waals surface area contributed by atoms with Crippen LogP contribution in [0.3, 0.4) is 0 Å². The van der Waals surface area contributed by atoms with Gasteiger partial charge in [-0.2, -0.15) is 0 Å². The molecule has 0 fully saturated rings. The maximum atomic E-state index is 12.1. The Bertz CT molecular complexity index is 720. The molecular weight excluding hydrogens is 284 g/mol. The molecular formula is C17H18O5. The van der Waals surface area contributed by atoms with E-state index in [1.54, 1.807) is 52.1 Å². The zero-order valence-corrected chi connectivity index (χ0v) is 13.0. The number of carbonyl (C=O) groups is 1. The molecule has 1 aromatic carbocycles. The molecule has 5 heteroatoms. The third-order valence-corrected chi connectivity index (χ3v) is 2.82. The molecule has 2 aromatic rings. The van der Waals surface area contributed by atoms with Crippen LogP contribution in [0.25, 0.3) is 11.3 Å². The van der Waals surface area contributed by atoms with Crippen LogP contribution in [-0.2, 0) is 4.74 Å². The summed E-state index contributed by atoms with van der Waals surface area (Å²) in [6.45, 7) is 5.20. The third-order valence-electron chi connectivity index (χ3n) is 2.82. The molecule has 0 atom stereocenters. The van der Waals surface area contributed by atoms with E-state index in [-0.39, 0.29) is 5.56 Å². The maximum Gasteiger partial charge on any atom is 0.345 e. The third kappa shape index (κ3) is 3.75. The fraction of sp³-hybridized carbons (Fsp3) is 0.294. The molecule has 0 unspecified atom stereocenters. The Morgan fingerprint density at radius 2 is 1.77 bits per heavy atom. The van der Waals surface area contributed by atoms with Crippen LogP contribution in [0, 0.1) is 0 Å². The first-order chi connectivity index (χ1) is 10.3. The van der Waals surface area contributed by atoms with Crippen molar-refractivity contribution in [2.75, 3.05) is 7.11 Å². The van der Waals surface area contributed by atoms with Gasteiger partial charge >= 0.3 is 5.97 Å². The van der Waals surface area contributed by atoms with Crippen molar-refractivity contribution in [2.24, 2.45) is 0 Å². The smallest absolute Gasteiger partial charge is 0.345 e. The van der Waals surface area contributed by atoms with Crippen LogP contribution in [0.1, 0.15) is 31.1 Å². The maximum absolute atomic E-state index is 12.1. The zero-order chi connectivity index (χ0) is 16.3. The van der Waals surface area contributed by atoms with E-state index in [2.05, 4.69) is 0 Å². The number of ether oxygens (including phenoxy) is 2. The molecule has 22 heavy (non-hydrogen) atoms. The number of carbonyl (C=O) groups excluding carboxylic acids is 1. The minimum absolute atomic E-state index is 0.118. The summed E-state index contributed by atoms with van der Waals surface area (Å²) in [5, 5.41) is 0. The first-order valence-corrected chi connectivity index (χ1v) is 6.81. The lowest BCUT2D eigenvalue weighted by molar-refractivity contribution is 0.00657. The highest BCUT2D eigenvalue weighted by Crippen LogP contribution is 2.21. The summed E-state index contributed by atoms with van der Waals surface area (Å²) in [5.41, 5.74) is -0.509. The first kappa shape index (κ1) is 15.8. The van der Waals surface area contributed by atoms with Crippen LogP contribution in [0.2, 0.25) is 0 Å². The van der Waals surface area contributed by atoms with Crippen molar-refractivity contribution in [1.29, 1.82) is 0 Å². The van der Waals surface area contributed by atoms with Crippen molar-refractivity contribution in [3.05, 3.63) is 52.4 Å². The van der Waals surface area contributed by atoms with Gasteiger partial charge in [-0.1, -0.05) is 0 Å². The summed E-state index contributed by atoms with van der Waals surface area (Å²) in [7, 11) is 1.57. The van der Waals surface area contributed by atoms with Gasteiger partial charge in [-0.25, -0.2) is 4.79 Å². The Balaban J connectivity index is 2.29. The van der Waals surface area contributed by atoms with E-state index in [1.165, 1.54) is 6.07 Å². The highest BCUT2D eigenvalue weighted by atomic mass is 16.6. The van der Waals surface area contributed by atoms with Gasteiger partial charge in [-0.05, 0) is 45.0 Å². The van der Waals surface area contributed by atoms with Gasteiger partial charge in [-0.3, -0.25) is 4.79 Å². The molecule has 0 saturated heterocycles. The van der Waals surface area contributed by atoms with Crippen molar-refractivity contribution in [1.82, 2.24) is 0 Å². The summed E-state index contributed by atoms with van der Waals surface area (Å²) in [6, 6.07) is 8.34. The average Bonchev–Trinajstić information content (AvgIpc) is 2.45. The predicted octanol–water partition coefficient (Wildman–Crippen LogP) is 3.27. The SMILES string of the molecule is COc1ccc(-c2cc(=O)c(C(=O)OC(C)(C)C)co2)cc1. The second kappa shape index (κ2) is 6.05.